The molecule has 1 atom stereocenters. The van der Waals surface area contributed by atoms with E-state index in [0.717, 1.165) is 0 Å². The van der Waals surface area contributed by atoms with Gasteiger partial charge < -0.3 is 14.6 Å². The maximum Gasteiger partial charge on any atom is 0.340 e. The van der Waals surface area contributed by atoms with Crippen molar-refractivity contribution in [3.05, 3.63) is 11.6 Å². The molecule has 3 saturated carbocycles. The smallest absolute Gasteiger partial charge is 0.340 e. The molecule has 0 aromatic carbocycles. The maximum atomic E-state index is 13.4. The zero-order valence-corrected chi connectivity index (χ0v) is 29.5. The number of carboxylic acid groups (broad SMARTS) is 1. The number of carbonyl (C=O) groups is 2. The summed E-state index contributed by atoms with van der Waals surface area (Å²) in [6.07, 6.45) is 35.1. The summed E-state index contributed by atoms with van der Waals surface area (Å²) >= 11 is 0. The molecular weight excluding hydrogens is 560 g/mol. The highest BCUT2D eigenvalue weighted by Gasteiger charge is 2.49. The minimum absolute atomic E-state index is 0.154. The Labute approximate surface area is 277 Å². The Morgan fingerprint density at radius 3 is 1.16 bits per heavy atom. The Bertz CT molecular complexity index is 755. The number of esters is 1. The molecule has 1 N–H and O–H groups in total. The van der Waals surface area contributed by atoms with Gasteiger partial charge in [-0.25, -0.2) is 9.59 Å². The summed E-state index contributed by atoms with van der Waals surface area (Å²) in [5.41, 5.74) is -0.0887. The van der Waals surface area contributed by atoms with E-state index in [1.807, 2.05) is 6.92 Å². The topological polar surface area (TPSA) is 72.8 Å². The van der Waals surface area contributed by atoms with Crippen LogP contribution in [-0.4, -0.2) is 36.4 Å². The molecule has 1 unspecified atom stereocenters. The minimum atomic E-state index is -1.18. The molecule has 5 nitrogen and oxygen atoms in total. The van der Waals surface area contributed by atoms with Crippen LogP contribution in [0.15, 0.2) is 11.6 Å². The SMILES string of the molecule is CCOC(=O)C(OCC)C(=CC(C1CCCCCCCCC1)(C1CCCCCCCCC1)C1CCCCCCCCC1)C(=O)O. The summed E-state index contributed by atoms with van der Waals surface area (Å²) in [6.45, 7) is 4.13. The van der Waals surface area contributed by atoms with Gasteiger partial charge in [0, 0.05) is 6.61 Å². The van der Waals surface area contributed by atoms with E-state index in [1.165, 1.54) is 173 Å². The van der Waals surface area contributed by atoms with Crippen molar-refractivity contribution in [2.45, 2.75) is 193 Å². The number of allylic oxidation sites excluding steroid dienone is 1. The number of ether oxygens (including phenoxy) is 2. The van der Waals surface area contributed by atoms with Gasteiger partial charge in [-0.2, -0.15) is 0 Å². The number of carbonyl (C=O) groups excluding carboxylic acids is 1. The van der Waals surface area contributed by atoms with Gasteiger partial charge in [0.1, 0.15) is 0 Å². The highest BCUT2D eigenvalue weighted by molar-refractivity contribution is 5.96. The predicted octanol–water partition coefficient (Wildman–Crippen LogP) is 11.4. The largest absolute Gasteiger partial charge is 0.478 e. The second-order valence-electron chi connectivity index (χ2n) is 14.7. The summed E-state index contributed by atoms with van der Waals surface area (Å²) in [7, 11) is 0. The summed E-state index contributed by atoms with van der Waals surface area (Å²) in [5, 5.41) is 10.9. The fourth-order valence-corrected chi connectivity index (χ4v) is 9.47. The van der Waals surface area contributed by atoms with Gasteiger partial charge in [-0.05, 0) is 75.5 Å². The molecule has 0 aliphatic heterocycles. The van der Waals surface area contributed by atoms with E-state index in [9.17, 15) is 14.7 Å². The predicted molar refractivity (Wildman–Crippen MR) is 185 cm³/mol. The van der Waals surface area contributed by atoms with E-state index in [2.05, 4.69) is 6.08 Å². The van der Waals surface area contributed by atoms with Crippen LogP contribution in [-0.2, 0) is 19.1 Å². The molecule has 0 aromatic heterocycles. The molecule has 3 fully saturated rings. The van der Waals surface area contributed by atoms with Gasteiger partial charge in [0.25, 0.3) is 0 Å². The molecular formula is C40H70O5. The Hall–Kier alpha value is -1.36. The molecule has 0 aromatic rings. The van der Waals surface area contributed by atoms with Gasteiger partial charge >= 0.3 is 11.9 Å². The highest BCUT2D eigenvalue weighted by atomic mass is 16.6. The standard InChI is InChI=1S/C40H70O5/c1-3-44-37(39(43)45-4-2)36(38(41)42)32-40(33-26-20-14-8-5-9-15-21-27-33,34-28-22-16-10-6-11-17-23-29-34)35-30-24-18-12-7-13-19-25-31-35/h32-35,37H,3-31H2,1-2H3,(H,41,42). The van der Waals surface area contributed by atoms with Gasteiger partial charge in [0.05, 0.1) is 12.2 Å². The number of rotatable bonds is 10. The van der Waals surface area contributed by atoms with Crippen LogP contribution in [0.4, 0.5) is 0 Å². The molecule has 260 valence electrons. The molecule has 45 heavy (non-hydrogen) atoms. The Kier molecular flexibility index (Phi) is 18.8. The Morgan fingerprint density at radius 2 is 0.889 bits per heavy atom. The molecule has 0 radical (unpaired) electrons. The first kappa shape index (κ1) is 38.1. The molecule has 0 bridgehead atoms. The van der Waals surface area contributed by atoms with Crippen LogP contribution in [0.2, 0.25) is 0 Å². The Morgan fingerprint density at radius 1 is 0.578 bits per heavy atom. The second kappa shape index (κ2) is 22.3. The third-order valence-electron chi connectivity index (χ3n) is 11.7. The van der Waals surface area contributed by atoms with E-state index < -0.39 is 18.0 Å². The van der Waals surface area contributed by atoms with Crippen LogP contribution in [0.25, 0.3) is 0 Å². The van der Waals surface area contributed by atoms with E-state index >= 15 is 0 Å². The van der Waals surface area contributed by atoms with E-state index in [0.29, 0.717) is 17.8 Å². The fourth-order valence-electron chi connectivity index (χ4n) is 9.47. The van der Waals surface area contributed by atoms with Crippen molar-refractivity contribution in [3.8, 4) is 0 Å². The first-order valence-electron chi connectivity index (χ1n) is 19.8. The van der Waals surface area contributed by atoms with Gasteiger partial charge in [-0.15, -0.1) is 0 Å². The maximum absolute atomic E-state index is 13.4. The minimum Gasteiger partial charge on any atom is -0.478 e. The first-order valence-corrected chi connectivity index (χ1v) is 19.8. The molecule has 0 spiro atoms. The summed E-state index contributed by atoms with van der Waals surface area (Å²) in [4.78, 5) is 26.8. The number of carboxylic acids is 1. The van der Waals surface area contributed by atoms with Crippen LogP contribution in [0.1, 0.15) is 187 Å². The van der Waals surface area contributed by atoms with Crippen molar-refractivity contribution in [2.75, 3.05) is 13.2 Å². The molecule has 5 heteroatoms. The lowest BCUT2D eigenvalue weighted by atomic mass is 9.52. The number of aliphatic carboxylic acids is 1. The van der Waals surface area contributed by atoms with Crippen molar-refractivity contribution >= 4 is 11.9 Å². The highest BCUT2D eigenvalue weighted by Crippen LogP contribution is 2.56. The van der Waals surface area contributed by atoms with Crippen LogP contribution in [0.3, 0.4) is 0 Å². The van der Waals surface area contributed by atoms with Gasteiger partial charge in [0.2, 0.25) is 0 Å². The normalized spacial score (nSPS) is 23.5. The summed E-state index contributed by atoms with van der Waals surface area (Å²) < 4.78 is 11.5. The molecule has 3 aliphatic carbocycles. The third kappa shape index (κ3) is 12.3. The van der Waals surface area contributed by atoms with Crippen molar-refractivity contribution < 1.29 is 24.2 Å². The molecule has 0 heterocycles. The average molecular weight is 631 g/mol. The van der Waals surface area contributed by atoms with Crippen molar-refractivity contribution in [2.24, 2.45) is 23.2 Å². The van der Waals surface area contributed by atoms with Gasteiger partial charge in [0.15, 0.2) is 6.10 Å². The molecule has 3 aliphatic rings. The van der Waals surface area contributed by atoms with Crippen LogP contribution < -0.4 is 0 Å². The second-order valence-corrected chi connectivity index (χ2v) is 14.7. The van der Waals surface area contributed by atoms with Crippen LogP contribution in [0, 0.1) is 23.2 Å². The lowest BCUT2D eigenvalue weighted by molar-refractivity contribution is -0.156. The lowest BCUT2D eigenvalue weighted by Crippen LogP contribution is -2.46. The monoisotopic (exact) mass is 631 g/mol. The van der Waals surface area contributed by atoms with E-state index in [-0.39, 0.29) is 24.2 Å². The number of hydrogen-bond donors (Lipinski definition) is 1. The van der Waals surface area contributed by atoms with Crippen LogP contribution in [0.5, 0.6) is 0 Å². The Balaban J connectivity index is 2.27. The first-order chi connectivity index (χ1) is 22.0. The quantitative estimate of drug-likeness (QED) is 0.192. The fraction of sp³-hybridized carbons (Fsp3) is 0.900. The third-order valence-corrected chi connectivity index (χ3v) is 11.7. The summed E-state index contributed by atoms with van der Waals surface area (Å²) in [6, 6.07) is 0. The number of hydrogen-bond acceptors (Lipinski definition) is 4. The van der Waals surface area contributed by atoms with Gasteiger partial charge in [-0.3, -0.25) is 0 Å². The molecule has 3 rings (SSSR count). The van der Waals surface area contributed by atoms with E-state index in [4.69, 9.17) is 9.47 Å². The van der Waals surface area contributed by atoms with Gasteiger partial charge in [-0.1, -0.05) is 141 Å². The average Bonchev–Trinajstić information content (AvgIpc) is 3.05. The molecule has 0 amide bonds. The summed E-state index contributed by atoms with van der Waals surface area (Å²) in [5.74, 6) is -0.240. The van der Waals surface area contributed by atoms with Crippen molar-refractivity contribution in [3.63, 3.8) is 0 Å². The molecule has 0 saturated heterocycles. The van der Waals surface area contributed by atoms with Crippen molar-refractivity contribution in [1.82, 2.24) is 0 Å². The van der Waals surface area contributed by atoms with Crippen LogP contribution >= 0.6 is 0 Å². The van der Waals surface area contributed by atoms with Crippen molar-refractivity contribution in [1.29, 1.82) is 0 Å². The lowest BCUT2D eigenvalue weighted by Gasteiger charge is -2.52. The zero-order valence-electron chi connectivity index (χ0n) is 29.5. The van der Waals surface area contributed by atoms with E-state index in [1.54, 1.807) is 6.92 Å². The zero-order chi connectivity index (χ0) is 32.2.